The van der Waals surface area contributed by atoms with Crippen LogP contribution in [-0.4, -0.2) is 12.3 Å². The predicted molar refractivity (Wildman–Crippen MR) is 63.6 cm³/mol. The van der Waals surface area contributed by atoms with E-state index in [0.29, 0.717) is 0 Å². The number of aryl methyl sites for hydroxylation is 1. The summed E-state index contributed by atoms with van der Waals surface area (Å²) < 4.78 is 0. The fourth-order valence-corrected chi connectivity index (χ4v) is 2.82. The van der Waals surface area contributed by atoms with Crippen molar-refractivity contribution in [2.75, 3.05) is 6.54 Å². The van der Waals surface area contributed by atoms with Crippen LogP contribution in [0.4, 0.5) is 0 Å². The normalized spacial score (nSPS) is 26.9. The van der Waals surface area contributed by atoms with Crippen molar-refractivity contribution in [3.8, 4) is 0 Å². The third-order valence-electron chi connectivity index (χ3n) is 3.85. The van der Waals surface area contributed by atoms with Crippen LogP contribution in [0, 0.1) is 6.92 Å². The molecule has 82 valence electrons. The predicted octanol–water partition coefficient (Wildman–Crippen LogP) is 2.33. The highest BCUT2D eigenvalue weighted by atomic mass is 16.1. The van der Waals surface area contributed by atoms with E-state index in [9.17, 15) is 4.79 Å². The van der Waals surface area contributed by atoms with Crippen LogP contribution in [-0.2, 0) is 5.41 Å². The summed E-state index contributed by atoms with van der Waals surface area (Å²) in [6.07, 6.45) is 2.84. The first kappa shape index (κ1) is 9.64. The van der Waals surface area contributed by atoms with Crippen molar-refractivity contribution in [2.45, 2.75) is 25.7 Å². The summed E-state index contributed by atoms with van der Waals surface area (Å²) in [7, 11) is 0. The number of carbonyl (C=O) groups excluding carboxylic acids is 1. The zero-order valence-corrected chi connectivity index (χ0v) is 9.63. The van der Waals surface area contributed by atoms with Gasteiger partial charge < -0.3 is 5.32 Å². The fourth-order valence-electron chi connectivity index (χ4n) is 2.82. The molecular weight excluding hydrogens is 198 g/mol. The zero-order chi connectivity index (χ0) is 11.3. The van der Waals surface area contributed by atoms with E-state index >= 15 is 0 Å². The molecule has 0 bridgehead atoms. The number of benzene rings is 1. The minimum atomic E-state index is 0.0247. The Kier molecular flexibility index (Phi) is 1.79. The largest absolute Gasteiger partial charge is 0.387 e. The number of fused-ring (bicyclic) bond motifs is 3. The highest BCUT2D eigenvalue weighted by Gasteiger charge is 2.41. The maximum atomic E-state index is 12.0. The molecule has 2 aliphatic rings. The van der Waals surface area contributed by atoms with Gasteiger partial charge in [0.25, 0.3) is 0 Å². The van der Waals surface area contributed by atoms with E-state index in [1.807, 2.05) is 13.0 Å². The van der Waals surface area contributed by atoms with Crippen molar-refractivity contribution in [1.29, 1.82) is 0 Å². The van der Waals surface area contributed by atoms with Crippen molar-refractivity contribution >= 4 is 5.78 Å². The summed E-state index contributed by atoms with van der Waals surface area (Å²) in [6, 6.07) is 6.22. The Hall–Kier alpha value is -1.57. The summed E-state index contributed by atoms with van der Waals surface area (Å²) in [5.41, 5.74) is 4.34. The highest BCUT2D eigenvalue weighted by molar-refractivity contribution is 6.08. The van der Waals surface area contributed by atoms with E-state index in [1.54, 1.807) is 6.08 Å². The molecule has 2 heteroatoms. The Balaban J connectivity index is 2.28. The summed E-state index contributed by atoms with van der Waals surface area (Å²) >= 11 is 0. The van der Waals surface area contributed by atoms with E-state index in [4.69, 9.17) is 0 Å². The van der Waals surface area contributed by atoms with Crippen molar-refractivity contribution < 1.29 is 4.79 Å². The number of hydrogen-bond donors (Lipinski definition) is 1. The molecule has 1 unspecified atom stereocenters. The zero-order valence-electron chi connectivity index (χ0n) is 9.63. The van der Waals surface area contributed by atoms with Gasteiger partial charge in [0.1, 0.15) is 0 Å². The van der Waals surface area contributed by atoms with Gasteiger partial charge in [0.2, 0.25) is 0 Å². The van der Waals surface area contributed by atoms with E-state index in [1.165, 1.54) is 5.56 Å². The van der Waals surface area contributed by atoms with Gasteiger partial charge in [-0.15, -0.1) is 0 Å². The molecule has 3 rings (SSSR count). The molecule has 1 aliphatic carbocycles. The SMILES string of the molecule is Cc1ccc2c(c1)C(=O)C=C1NCCC12C. The van der Waals surface area contributed by atoms with Crippen LogP contribution >= 0.6 is 0 Å². The van der Waals surface area contributed by atoms with Crippen LogP contribution in [0.3, 0.4) is 0 Å². The molecule has 1 fully saturated rings. The van der Waals surface area contributed by atoms with Gasteiger partial charge in [-0.25, -0.2) is 0 Å². The molecule has 1 saturated heterocycles. The second-order valence-electron chi connectivity index (χ2n) is 4.98. The van der Waals surface area contributed by atoms with Gasteiger partial charge in [-0.2, -0.15) is 0 Å². The Bertz CT molecular complexity index is 515. The van der Waals surface area contributed by atoms with Gasteiger partial charge >= 0.3 is 0 Å². The van der Waals surface area contributed by atoms with Crippen LogP contribution < -0.4 is 5.32 Å². The molecule has 1 N–H and O–H groups in total. The number of nitrogens with one attached hydrogen (secondary N) is 1. The van der Waals surface area contributed by atoms with Gasteiger partial charge in [-0.05, 0) is 31.9 Å². The van der Waals surface area contributed by atoms with Crippen molar-refractivity contribution in [3.05, 3.63) is 46.7 Å². The number of ketones is 1. The number of allylic oxidation sites excluding steroid dienone is 2. The average molecular weight is 213 g/mol. The fraction of sp³-hybridized carbons (Fsp3) is 0.357. The lowest BCUT2D eigenvalue weighted by Gasteiger charge is -2.31. The van der Waals surface area contributed by atoms with Gasteiger partial charge in [0.15, 0.2) is 5.78 Å². The summed E-state index contributed by atoms with van der Waals surface area (Å²) in [6.45, 7) is 5.21. The molecule has 1 aliphatic heterocycles. The smallest absolute Gasteiger partial charge is 0.187 e. The summed E-state index contributed by atoms with van der Waals surface area (Å²) in [5, 5.41) is 3.33. The lowest BCUT2D eigenvalue weighted by atomic mass is 9.72. The summed E-state index contributed by atoms with van der Waals surface area (Å²) in [5.74, 6) is 0.139. The minimum absolute atomic E-state index is 0.0247. The Labute approximate surface area is 95.4 Å². The molecule has 0 aromatic heterocycles. The van der Waals surface area contributed by atoms with Crippen molar-refractivity contribution in [2.24, 2.45) is 0 Å². The van der Waals surface area contributed by atoms with Gasteiger partial charge in [0, 0.05) is 29.3 Å². The summed E-state index contributed by atoms with van der Waals surface area (Å²) in [4.78, 5) is 12.0. The van der Waals surface area contributed by atoms with E-state index in [2.05, 4.69) is 24.4 Å². The lowest BCUT2D eigenvalue weighted by molar-refractivity contribution is 0.103. The first-order chi connectivity index (χ1) is 7.61. The molecule has 0 radical (unpaired) electrons. The maximum absolute atomic E-state index is 12.0. The first-order valence-electron chi connectivity index (χ1n) is 5.73. The van der Waals surface area contributed by atoms with Crippen molar-refractivity contribution in [1.82, 2.24) is 5.32 Å². The molecule has 0 spiro atoms. The van der Waals surface area contributed by atoms with Gasteiger partial charge in [0.05, 0.1) is 0 Å². The second-order valence-corrected chi connectivity index (χ2v) is 4.98. The van der Waals surface area contributed by atoms with E-state index < -0.39 is 0 Å². The molecule has 1 atom stereocenters. The van der Waals surface area contributed by atoms with Gasteiger partial charge in [-0.3, -0.25) is 4.79 Å². The van der Waals surface area contributed by atoms with Crippen LogP contribution in [0.5, 0.6) is 0 Å². The molecule has 1 heterocycles. The van der Waals surface area contributed by atoms with Gasteiger partial charge in [-0.1, -0.05) is 17.7 Å². The van der Waals surface area contributed by atoms with E-state index in [-0.39, 0.29) is 11.2 Å². The molecule has 16 heavy (non-hydrogen) atoms. The third-order valence-corrected chi connectivity index (χ3v) is 3.85. The van der Waals surface area contributed by atoms with Crippen LogP contribution in [0.2, 0.25) is 0 Å². The van der Waals surface area contributed by atoms with E-state index in [0.717, 1.165) is 29.8 Å². The quantitative estimate of drug-likeness (QED) is 0.716. The maximum Gasteiger partial charge on any atom is 0.187 e. The Morgan fingerprint density at radius 3 is 3.00 bits per heavy atom. The number of carbonyl (C=O) groups is 1. The van der Waals surface area contributed by atoms with Crippen LogP contribution in [0.15, 0.2) is 30.0 Å². The molecule has 1 aromatic rings. The minimum Gasteiger partial charge on any atom is -0.387 e. The molecule has 0 saturated carbocycles. The highest BCUT2D eigenvalue weighted by Crippen LogP contribution is 2.42. The topological polar surface area (TPSA) is 29.1 Å². The monoisotopic (exact) mass is 213 g/mol. The molecule has 2 nitrogen and oxygen atoms in total. The van der Waals surface area contributed by atoms with Crippen molar-refractivity contribution in [3.63, 3.8) is 0 Å². The third kappa shape index (κ3) is 1.10. The number of rotatable bonds is 0. The van der Waals surface area contributed by atoms with Crippen LogP contribution in [0.25, 0.3) is 0 Å². The average Bonchev–Trinajstić information content (AvgIpc) is 2.61. The molecule has 0 amide bonds. The van der Waals surface area contributed by atoms with Crippen LogP contribution in [0.1, 0.15) is 34.8 Å². The Morgan fingerprint density at radius 1 is 1.38 bits per heavy atom. The Morgan fingerprint density at radius 2 is 2.19 bits per heavy atom. The standard InChI is InChI=1S/C14H15NO/c1-9-3-4-11-10(7-9)12(16)8-13-14(11,2)5-6-15-13/h3-4,7-8,15H,5-6H2,1-2H3. The molecular formula is C14H15NO. The molecule has 1 aromatic carbocycles. The second kappa shape index (κ2) is 2.97. The first-order valence-corrected chi connectivity index (χ1v) is 5.73. The lowest BCUT2D eigenvalue weighted by Crippen LogP contribution is -2.30. The number of hydrogen-bond acceptors (Lipinski definition) is 2.